The first-order valence-corrected chi connectivity index (χ1v) is 8.59. The summed E-state index contributed by atoms with van der Waals surface area (Å²) in [5.74, 6) is 0.0831. The number of furan rings is 1. The van der Waals surface area contributed by atoms with Gasteiger partial charge in [0, 0.05) is 13.1 Å². The smallest absolute Gasteiger partial charge is 0.273 e. The third-order valence-electron chi connectivity index (χ3n) is 4.45. The minimum atomic E-state index is -0.454. The third kappa shape index (κ3) is 3.92. The molecule has 0 unspecified atom stereocenters. The molecule has 0 bridgehead atoms. The number of nitrogens with zero attached hydrogens (tertiary/aromatic N) is 1. The zero-order valence-corrected chi connectivity index (χ0v) is 15.4. The lowest BCUT2D eigenvalue weighted by molar-refractivity contribution is -0.130. The van der Waals surface area contributed by atoms with Gasteiger partial charge in [0.05, 0.1) is 18.0 Å². The molecule has 0 saturated heterocycles. The minimum Gasteiger partial charge on any atom is -0.466 e. The topological polar surface area (TPSA) is 91.7 Å². The van der Waals surface area contributed by atoms with Crippen LogP contribution in [0.25, 0.3) is 6.08 Å². The second-order valence-electron chi connectivity index (χ2n) is 6.42. The number of carbonyl (C=O) groups excluding carboxylic acids is 3. The Hall–Kier alpha value is -3.35. The van der Waals surface area contributed by atoms with Crippen molar-refractivity contribution in [3.8, 4) is 0 Å². The maximum atomic E-state index is 12.4. The molecule has 3 amide bonds. The number of carbonyl (C=O) groups is 3. The number of aryl methyl sites for hydroxylation is 2. The maximum absolute atomic E-state index is 12.4. The molecule has 0 aliphatic carbocycles. The maximum Gasteiger partial charge on any atom is 0.273 e. The highest BCUT2D eigenvalue weighted by Crippen LogP contribution is 2.32. The number of fused-ring (bicyclic) bond motifs is 1. The van der Waals surface area contributed by atoms with Crippen molar-refractivity contribution in [1.82, 2.24) is 15.8 Å². The Bertz CT molecular complexity index is 929. The van der Waals surface area contributed by atoms with Crippen LogP contribution in [-0.4, -0.2) is 22.6 Å². The molecule has 2 N–H and O–H groups in total. The summed E-state index contributed by atoms with van der Waals surface area (Å²) in [7, 11) is 0. The van der Waals surface area contributed by atoms with Crippen LogP contribution in [0.15, 0.2) is 40.9 Å². The zero-order valence-electron chi connectivity index (χ0n) is 15.4. The fraction of sp³-hybridized carbons (Fsp3) is 0.250. The molecular weight excluding hydrogens is 346 g/mol. The van der Waals surface area contributed by atoms with Gasteiger partial charge < -0.3 is 9.32 Å². The van der Waals surface area contributed by atoms with Gasteiger partial charge in [0.2, 0.25) is 11.8 Å². The van der Waals surface area contributed by atoms with Crippen LogP contribution in [0.5, 0.6) is 0 Å². The Morgan fingerprint density at radius 1 is 1.15 bits per heavy atom. The quantitative estimate of drug-likeness (QED) is 0.816. The highest BCUT2D eigenvalue weighted by molar-refractivity contribution is 5.96. The lowest BCUT2D eigenvalue weighted by atomic mass is 9.93. The van der Waals surface area contributed by atoms with Gasteiger partial charge in [-0.3, -0.25) is 25.2 Å². The van der Waals surface area contributed by atoms with E-state index in [0.717, 1.165) is 11.1 Å². The first-order valence-electron chi connectivity index (χ1n) is 8.59. The zero-order chi connectivity index (χ0) is 19.6. The number of hydrogen-bond donors (Lipinski definition) is 2. The van der Waals surface area contributed by atoms with E-state index >= 15 is 0 Å². The van der Waals surface area contributed by atoms with E-state index in [1.54, 1.807) is 26.1 Å². The summed E-state index contributed by atoms with van der Waals surface area (Å²) in [4.78, 5) is 38.1. The van der Waals surface area contributed by atoms with Gasteiger partial charge in [-0.05, 0) is 37.1 Å². The third-order valence-corrected chi connectivity index (χ3v) is 4.45. The summed E-state index contributed by atoms with van der Waals surface area (Å²) in [5.41, 5.74) is 7.01. The molecule has 7 heteroatoms. The van der Waals surface area contributed by atoms with Gasteiger partial charge in [-0.2, -0.15) is 0 Å². The summed E-state index contributed by atoms with van der Waals surface area (Å²) in [5, 5.41) is 0. The van der Waals surface area contributed by atoms with Gasteiger partial charge in [0.25, 0.3) is 5.91 Å². The Kier molecular flexibility index (Phi) is 5.12. The number of nitrogens with one attached hydrogen (secondary N) is 2. The molecule has 1 aliphatic rings. The molecule has 7 nitrogen and oxygen atoms in total. The number of amides is 3. The molecule has 0 radical (unpaired) electrons. The first kappa shape index (κ1) is 18.4. The summed E-state index contributed by atoms with van der Waals surface area (Å²) in [6, 6.07) is 8.77. The fourth-order valence-corrected chi connectivity index (χ4v) is 3.19. The van der Waals surface area contributed by atoms with Crippen LogP contribution >= 0.6 is 0 Å². The highest BCUT2D eigenvalue weighted by Gasteiger charge is 2.28. The number of hydrogen-bond acceptors (Lipinski definition) is 4. The average molecular weight is 367 g/mol. The molecule has 2 aromatic rings. The minimum absolute atomic E-state index is 0.0185. The van der Waals surface area contributed by atoms with Crippen LogP contribution in [0, 0.1) is 13.8 Å². The highest BCUT2D eigenvalue weighted by atomic mass is 16.3. The molecule has 1 aromatic carbocycles. The van der Waals surface area contributed by atoms with Crippen molar-refractivity contribution in [2.75, 3.05) is 0 Å². The lowest BCUT2D eigenvalue weighted by Crippen LogP contribution is -2.43. The molecule has 1 aromatic heterocycles. The molecule has 27 heavy (non-hydrogen) atoms. The van der Waals surface area contributed by atoms with Crippen LogP contribution in [0.2, 0.25) is 0 Å². The second kappa shape index (κ2) is 7.49. The Labute approximate surface area is 157 Å². The Morgan fingerprint density at radius 3 is 2.56 bits per heavy atom. The standard InChI is InChI=1S/C20H21N3O4/c1-12-10-17(13(2)27-12)20(26)22-21-19(25)11-18-16-7-5-4-6-15(16)8-9-23(18)14(3)24/h4-10,18H,11H2,1-3H3,(H,21,25)(H,22,26)/t18-/m0/s1. The Morgan fingerprint density at radius 2 is 1.89 bits per heavy atom. The molecule has 0 saturated carbocycles. The van der Waals surface area contributed by atoms with Crippen molar-refractivity contribution in [2.45, 2.75) is 33.2 Å². The normalized spacial score (nSPS) is 15.2. The molecular formula is C20H21N3O4. The summed E-state index contributed by atoms with van der Waals surface area (Å²) in [6.07, 6.45) is 3.54. The number of benzene rings is 1. The van der Waals surface area contributed by atoms with Crippen molar-refractivity contribution in [2.24, 2.45) is 0 Å². The summed E-state index contributed by atoms with van der Waals surface area (Å²) < 4.78 is 5.32. The number of rotatable bonds is 3. The van der Waals surface area contributed by atoms with Crippen LogP contribution in [0.1, 0.15) is 52.4 Å². The van der Waals surface area contributed by atoms with Gasteiger partial charge in [-0.1, -0.05) is 24.3 Å². The Balaban J connectivity index is 1.68. The SMILES string of the molecule is CC(=O)N1C=Cc2ccccc2[C@@H]1CC(=O)NNC(=O)c1cc(C)oc1C. The van der Waals surface area contributed by atoms with Gasteiger partial charge in [0.15, 0.2) is 0 Å². The summed E-state index contributed by atoms with van der Waals surface area (Å²) in [6.45, 7) is 4.88. The van der Waals surface area contributed by atoms with E-state index in [1.165, 1.54) is 11.8 Å². The van der Waals surface area contributed by atoms with Crippen LogP contribution in [0.4, 0.5) is 0 Å². The monoisotopic (exact) mass is 367 g/mol. The first-order chi connectivity index (χ1) is 12.9. The van der Waals surface area contributed by atoms with E-state index in [-0.39, 0.29) is 12.3 Å². The summed E-state index contributed by atoms with van der Waals surface area (Å²) >= 11 is 0. The van der Waals surface area contributed by atoms with Crippen LogP contribution < -0.4 is 10.9 Å². The lowest BCUT2D eigenvalue weighted by Gasteiger charge is -2.32. The predicted octanol–water partition coefficient (Wildman–Crippen LogP) is 2.62. The van der Waals surface area contributed by atoms with Crippen molar-refractivity contribution >= 4 is 23.8 Å². The van der Waals surface area contributed by atoms with Gasteiger partial charge in [-0.25, -0.2) is 0 Å². The van der Waals surface area contributed by atoms with Gasteiger partial charge in [0.1, 0.15) is 11.5 Å². The van der Waals surface area contributed by atoms with E-state index in [1.807, 2.05) is 30.3 Å². The molecule has 0 fully saturated rings. The van der Waals surface area contributed by atoms with Crippen molar-refractivity contribution < 1.29 is 18.8 Å². The average Bonchev–Trinajstić information content (AvgIpc) is 2.98. The van der Waals surface area contributed by atoms with Crippen molar-refractivity contribution in [3.05, 3.63) is 64.7 Å². The second-order valence-corrected chi connectivity index (χ2v) is 6.42. The molecule has 3 rings (SSSR count). The van der Waals surface area contributed by atoms with E-state index in [2.05, 4.69) is 10.9 Å². The molecule has 1 aliphatic heterocycles. The fourth-order valence-electron chi connectivity index (χ4n) is 3.19. The van der Waals surface area contributed by atoms with Crippen molar-refractivity contribution in [3.63, 3.8) is 0 Å². The largest absolute Gasteiger partial charge is 0.466 e. The molecule has 2 heterocycles. The van der Waals surface area contributed by atoms with Gasteiger partial charge >= 0.3 is 0 Å². The van der Waals surface area contributed by atoms with Crippen LogP contribution in [-0.2, 0) is 9.59 Å². The molecule has 140 valence electrons. The molecule has 0 spiro atoms. The van der Waals surface area contributed by atoms with E-state index in [0.29, 0.717) is 17.1 Å². The van der Waals surface area contributed by atoms with Crippen LogP contribution in [0.3, 0.4) is 0 Å². The van der Waals surface area contributed by atoms with Crippen molar-refractivity contribution in [1.29, 1.82) is 0 Å². The number of hydrazine groups is 1. The van der Waals surface area contributed by atoms with E-state index < -0.39 is 17.9 Å². The van der Waals surface area contributed by atoms with Gasteiger partial charge in [-0.15, -0.1) is 0 Å². The predicted molar refractivity (Wildman–Crippen MR) is 99.1 cm³/mol. The molecule has 1 atom stereocenters. The van der Waals surface area contributed by atoms with E-state index in [4.69, 9.17) is 4.42 Å². The van der Waals surface area contributed by atoms with E-state index in [9.17, 15) is 14.4 Å².